The summed E-state index contributed by atoms with van der Waals surface area (Å²) >= 11 is 0. The van der Waals surface area contributed by atoms with Gasteiger partial charge >= 0.3 is 0 Å². The van der Waals surface area contributed by atoms with E-state index in [0.29, 0.717) is 38.3 Å². The van der Waals surface area contributed by atoms with E-state index in [4.69, 9.17) is 9.84 Å². The van der Waals surface area contributed by atoms with Crippen LogP contribution in [0.15, 0.2) is 23.3 Å². The van der Waals surface area contributed by atoms with Gasteiger partial charge in [0.1, 0.15) is 0 Å². The van der Waals surface area contributed by atoms with E-state index in [0.717, 1.165) is 5.69 Å². The van der Waals surface area contributed by atoms with E-state index >= 15 is 0 Å². The summed E-state index contributed by atoms with van der Waals surface area (Å²) in [5.41, 5.74) is 3.66. The SMILES string of the molecule is O=C(CCCO)N/N=C/c1cc([N+](=O)[O-])ccc1N1CCOCC1. The van der Waals surface area contributed by atoms with Crippen LogP contribution in [0.4, 0.5) is 11.4 Å². The summed E-state index contributed by atoms with van der Waals surface area (Å²) in [4.78, 5) is 24.0. The normalized spacial score (nSPS) is 14.8. The zero-order valence-electron chi connectivity index (χ0n) is 13.2. The predicted octanol–water partition coefficient (Wildman–Crippen LogP) is 0.654. The van der Waals surface area contributed by atoms with Gasteiger partial charge in [-0.25, -0.2) is 5.43 Å². The molecule has 9 nitrogen and oxygen atoms in total. The first-order valence-corrected chi connectivity index (χ1v) is 7.65. The zero-order chi connectivity index (χ0) is 17.4. The second kappa shape index (κ2) is 8.94. The molecule has 0 spiro atoms. The standard InChI is InChI=1S/C15H20N4O5/c20-7-1-2-15(21)17-16-11-12-10-13(19(22)23)3-4-14(12)18-5-8-24-9-6-18/h3-4,10-11,20H,1-2,5-9H2,(H,17,21)/b16-11+. The summed E-state index contributed by atoms with van der Waals surface area (Å²) in [6.07, 6.45) is 1.92. The van der Waals surface area contributed by atoms with Gasteiger partial charge in [-0.2, -0.15) is 5.10 Å². The molecule has 2 N–H and O–H groups in total. The number of ether oxygens (including phenoxy) is 1. The van der Waals surface area contributed by atoms with Gasteiger partial charge in [0.15, 0.2) is 0 Å². The molecule has 24 heavy (non-hydrogen) atoms. The largest absolute Gasteiger partial charge is 0.396 e. The second-order valence-corrected chi connectivity index (χ2v) is 5.22. The third-order valence-electron chi connectivity index (χ3n) is 3.53. The maximum absolute atomic E-state index is 11.5. The van der Waals surface area contributed by atoms with Crippen LogP contribution in [0, 0.1) is 10.1 Å². The van der Waals surface area contributed by atoms with Crippen LogP contribution in [0.25, 0.3) is 0 Å². The molecular weight excluding hydrogens is 316 g/mol. The summed E-state index contributed by atoms with van der Waals surface area (Å²) in [6.45, 7) is 2.48. The Morgan fingerprint density at radius 1 is 1.46 bits per heavy atom. The number of benzene rings is 1. The van der Waals surface area contributed by atoms with Crippen LogP contribution in [0.1, 0.15) is 18.4 Å². The lowest BCUT2D eigenvalue weighted by molar-refractivity contribution is -0.384. The van der Waals surface area contributed by atoms with Crippen molar-refractivity contribution in [2.24, 2.45) is 5.10 Å². The number of hydrogen-bond acceptors (Lipinski definition) is 7. The second-order valence-electron chi connectivity index (χ2n) is 5.22. The molecule has 0 radical (unpaired) electrons. The predicted molar refractivity (Wildman–Crippen MR) is 88.2 cm³/mol. The number of non-ortho nitro benzene ring substituents is 1. The van der Waals surface area contributed by atoms with Crippen molar-refractivity contribution in [1.82, 2.24) is 5.43 Å². The highest BCUT2D eigenvalue weighted by Gasteiger charge is 2.17. The van der Waals surface area contributed by atoms with E-state index in [1.54, 1.807) is 6.07 Å². The van der Waals surface area contributed by atoms with Gasteiger partial charge in [-0.15, -0.1) is 0 Å². The molecule has 0 atom stereocenters. The van der Waals surface area contributed by atoms with E-state index in [-0.39, 0.29) is 24.6 Å². The maximum Gasteiger partial charge on any atom is 0.270 e. The number of carbonyl (C=O) groups is 1. The summed E-state index contributed by atoms with van der Waals surface area (Å²) in [7, 11) is 0. The molecule has 0 unspecified atom stereocenters. The fourth-order valence-electron chi connectivity index (χ4n) is 2.32. The molecule has 130 valence electrons. The van der Waals surface area contributed by atoms with Crippen molar-refractivity contribution < 1.29 is 19.6 Å². The molecule has 1 fully saturated rings. The topological polar surface area (TPSA) is 117 Å². The van der Waals surface area contributed by atoms with Crippen molar-refractivity contribution in [2.45, 2.75) is 12.8 Å². The van der Waals surface area contributed by atoms with Gasteiger partial charge in [0, 0.05) is 49.5 Å². The lowest BCUT2D eigenvalue weighted by atomic mass is 10.1. The fourth-order valence-corrected chi connectivity index (χ4v) is 2.32. The third-order valence-corrected chi connectivity index (χ3v) is 3.53. The summed E-state index contributed by atoms with van der Waals surface area (Å²) < 4.78 is 5.31. The minimum Gasteiger partial charge on any atom is -0.396 e. The number of aliphatic hydroxyl groups excluding tert-OH is 1. The number of nitrogens with one attached hydrogen (secondary N) is 1. The average molecular weight is 336 g/mol. The van der Waals surface area contributed by atoms with Crippen molar-refractivity contribution in [3.05, 3.63) is 33.9 Å². The number of morpholine rings is 1. The van der Waals surface area contributed by atoms with Gasteiger partial charge in [0.2, 0.25) is 5.91 Å². The molecule has 1 aromatic rings. The van der Waals surface area contributed by atoms with Gasteiger partial charge in [-0.3, -0.25) is 14.9 Å². The number of rotatable bonds is 7. The van der Waals surface area contributed by atoms with Crippen LogP contribution >= 0.6 is 0 Å². The molecule has 0 saturated carbocycles. The lowest BCUT2D eigenvalue weighted by Crippen LogP contribution is -2.36. The van der Waals surface area contributed by atoms with E-state index in [1.165, 1.54) is 18.3 Å². The highest BCUT2D eigenvalue weighted by Crippen LogP contribution is 2.25. The Morgan fingerprint density at radius 2 is 2.21 bits per heavy atom. The molecule has 1 aromatic carbocycles. The number of hydrogen-bond donors (Lipinski definition) is 2. The highest BCUT2D eigenvalue weighted by molar-refractivity contribution is 5.90. The van der Waals surface area contributed by atoms with Crippen LogP contribution in [0.3, 0.4) is 0 Å². The number of hydrazone groups is 1. The van der Waals surface area contributed by atoms with Crippen LogP contribution in [0.5, 0.6) is 0 Å². The number of carbonyl (C=O) groups excluding carboxylic acids is 1. The quantitative estimate of drug-likeness (QED) is 0.429. The van der Waals surface area contributed by atoms with Crippen molar-refractivity contribution in [3.8, 4) is 0 Å². The van der Waals surface area contributed by atoms with Crippen molar-refractivity contribution in [2.75, 3.05) is 37.8 Å². The molecule has 1 aliphatic rings. The van der Waals surface area contributed by atoms with Gasteiger partial charge in [-0.05, 0) is 12.5 Å². The molecule has 1 saturated heterocycles. The minimum atomic E-state index is -0.472. The summed E-state index contributed by atoms with van der Waals surface area (Å²) in [5, 5.41) is 23.5. The van der Waals surface area contributed by atoms with Crippen LogP contribution in [-0.2, 0) is 9.53 Å². The Balaban J connectivity index is 2.16. The smallest absolute Gasteiger partial charge is 0.270 e. The van der Waals surface area contributed by atoms with Gasteiger partial charge in [-0.1, -0.05) is 0 Å². The Labute approximate surface area is 139 Å². The van der Waals surface area contributed by atoms with Gasteiger partial charge < -0.3 is 14.7 Å². The Bertz CT molecular complexity index is 614. The van der Waals surface area contributed by atoms with Crippen LogP contribution in [0.2, 0.25) is 0 Å². The van der Waals surface area contributed by atoms with Crippen LogP contribution in [-0.4, -0.2) is 55.1 Å². The van der Waals surface area contributed by atoms with E-state index < -0.39 is 4.92 Å². The minimum absolute atomic E-state index is 0.0416. The van der Waals surface area contributed by atoms with E-state index in [9.17, 15) is 14.9 Å². The molecule has 9 heteroatoms. The number of amides is 1. The Morgan fingerprint density at radius 3 is 2.88 bits per heavy atom. The van der Waals surface area contributed by atoms with E-state index in [2.05, 4.69) is 15.4 Å². The molecule has 1 aliphatic heterocycles. The lowest BCUT2D eigenvalue weighted by Gasteiger charge is -2.29. The summed E-state index contributed by atoms with van der Waals surface area (Å²) in [5.74, 6) is -0.321. The third kappa shape index (κ3) is 5.00. The van der Waals surface area contributed by atoms with Crippen molar-refractivity contribution in [1.29, 1.82) is 0 Å². The first kappa shape index (κ1) is 17.8. The maximum atomic E-state index is 11.5. The molecule has 0 bridgehead atoms. The first-order chi connectivity index (χ1) is 11.6. The average Bonchev–Trinajstić information content (AvgIpc) is 2.60. The number of nitro groups is 1. The molecular formula is C15H20N4O5. The Kier molecular flexibility index (Phi) is 6.64. The summed E-state index contributed by atoms with van der Waals surface area (Å²) in [6, 6.07) is 4.55. The molecule has 1 amide bonds. The number of nitro benzene ring substituents is 1. The van der Waals surface area contributed by atoms with Crippen LogP contribution < -0.4 is 10.3 Å². The zero-order valence-corrected chi connectivity index (χ0v) is 13.2. The number of anilines is 1. The molecule has 0 aliphatic carbocycles. The Hall–Kier alpha value is -2.52. The van der Waals surface area contributed by atoms with E-state index in [1.807, 2.05) is 0 Å². The first-order valence-electron chi connectivity index (χ1n) is 7.65. The van der Waals surface area contributed by atoms with Crippen molar-refractivity contribution in [3.63, 3.8) is 0 Å². The molecule has 1 heterocycles. The number of aliphatic hydroxyl groups is 1. The highest BCUT2D eigenvalue weighted by atomic mass is 16.6. The monoisotopic (exact) mass is 336 g/mol. The van der Waals surface area contributed by atoms with Crippen molar-refractivity contribution >= 4 is 23.5 Å². The molecule has 2 rings (SSSR count). The number of nitrogens with zero attached hydrogens (tertiary/aromatic N) is 3. The molecule has 0 aromatic heterocycles. The fraction of sp³-hybridized carbons (Fsp3) is 0.467. The van der Waals surface area contributed by atoms with Gasteiger partial charge in [0.05, 0.1) is 24.4 Å². The van der Waals surface area contributed by atoms with Gasteiger partial charge in [0.25, 0.3) is 5.69 Å².